The Morgan fingerprint density at radius 1 is 1.21 bits per heavy atom. The molecule has 3 nitrogen and oxygen atoms in total. The fourth-order valence-electron chi connectivity index (χ4n) is 1.55. The van der Waals surface area contributed by atoms with E-state index >= 15 is 0 Å². The van der Waals surface area contributed by atoms with Crippen molar-refractivity contribution in [3.8, 4) is 17.6 Å². The summed E-state index contributed by atoms with van der Waals surface area (Å²) in [5, 5.41) is 8.92. The largest absolute Gasteiger partial charge is 0.486 e. The molecule has 0 aromatic heterocycles. The van der Waals surface area contributed by atoms with Crippen LogP contribution in [0, 0.1) is 25.2 Å². The van der Waals surface area contributed by atoms with E-state index in [9.17, 15) is 0 Å². The Morgan fingerprint density at radius 3 is 2.50 bits per heavy atom. The molecule has 0 N–H and O–H groups in total. The van der Waals surface area contributed by atoms with Crippen molar-refractivity contribution in [3.05, 3.63) is 22.8 Å². The monoisotopic (exact) mass is 189 g/mol. The van der Waals surface area contributed by atoms with Crippen molar-refractivity contribution in [2.45, 2.75) is 13.8 Å². The molecular formula is C11H11NO2. The first kappa shape index (κ1) is 8.89. The Hall–Kier alpha value is -1.69. The van der Waals surface area contributed by atoms with E-state index in [4.69, 9.17) is 14.7 Å². The molecule has 0 amide bonds. The lowest BCUT2D eigenvalue weighted by Gasteiger charge is -2.22. The fourth-order valence-corrected chi connectivity index (χ4v) is 1.55. The number of fused-ring (bicyclic) bond motifs is 1. The van der Waals surface area contributed by atoms with Gasteiger partial charge in [-0.2, -0.15) is 5.26 Å². The molecule has 0 aliphatic carbocycles. The Bertz CT molecular complexity index is 418. The van der Waals surface area contributed by atoms with Gasteiger partial charge in [0.1, 0.15) is 19.3 Å². The van der Waals surface area contributed by atoms with Crippen LogP contribution in [0.15, 0.2) is 6.07 Å². The molecule has 1 aliphatic heterocycles. The fraction of sp³-hybridized carbons (Fsp3) is 0.364. The van der Waals surface area contributed by atoms with E-state index in [0.29, 0.717) is 24.5 Å². The molecule has 72 valence electrons. The van der Waals surface area contributed by atoms with Gasteiger partial charge in [-0.1, -0.05) is 0 Å². The highest BCUT2D eigenvalue weighted by atomic mass is 16.6. The van der Waals surface area contributed by atoms with E-state index in [2.05, 4.69) is 6.07 Å². The molecule has 0 spiro atoms. The minimum atomic E-state index is 0.518. The quantitative estimate of drug-likeness (QED) is 0.626. The van der Waals surface area contributed by atoms with E-state index in [1.54, 1.807) is 0 Å². The normalized spacial score (nSPS) is 13.5. The number of aryl methyl sites for hydroxylation is 1. The Morgan fingerprint density at radius 2 is 1.86 bits per heavy atom. The van der Waals surface area contributed by atoms with Crippen molar-refractivity contribution in [3.63, 3.8) is 0 Å². The van der Waals surface area contributed by atoms with Gasteiger partial charge in [0, 0.05) is 0 Å². The second-order valence-electron chi connectivity index (χ2n) is 3.33. The molecule has 1 heterocycles. The summed E-state index contributed by atoms with van der Waals surface area (Å²) < 4.78 is 10.9. The van der Waals surface area contributed by atoms with Gasteiger partial charge >= 0.3 is 0 Å². The van der Waals surface area contributed by atoms with Gasteiger partial charge < -0.3 is 9.47 Å². The first-order chi connectivity index (χ1) is 6.74. The molecule has 0 bridgehead atoms. The van der Waals surface area contributed by atoms with E-state index in [1.807, 2.05) is 19.9 Å². The van der Waals surface area contributed by atoms with Gasteiger partial charge in [-0.05, 0) is 31.0 Å². The highest BCUT2D eigenvalue weighted by molar-refractivity contribution is 5.59. The summed E-state index contributed by atoms with van der Waals surface area (Å²) in [7, 11) is 0. The Labute approximate surface area is 82.9 Å². The Balaban J connectivity index is 2.68. The maximum Gasteiger partial charge on any atom is 0.179 e. The van der Waals surface area contributed by atoms with E-state index in [0.717, 1.165) is 16.9 Å². The van der Waals surface area contributed by atoms with Crippen molar-refractivity contribution in [1.29, 1.82) is 5.26 Å². The minimum absolute atomic E-state index is 0.518. The maximum atomic E-state index is 8.92. The van der Waals surface area contributed by atoms with Gasteiger partial charge in [0.15, 0.2) is 11.5 Å². The highest BCUT2D eigenvalue weighted by Crippen LogP contribution is 2.38. The third kappa shape index (κ3) is 1.20. The molecule has 14 heavy (non-hydrogen) atoms. The summed E-state index contributed by atoms with van der Waals surface area (Å²) in [5.74, 6) is 1.33. The van der Waals surface area contributed by atoms with Crippen LogP contribution < -0.4 is 9.47 Å². The zero-order chi connectivity index (χ0) is 10.1. The number of nitrogens with zero attached hydrogens (tertiary/aromatic N) is 1. The minimum Gasteiger partial charge on any atom is -0.486 e. The first-order valence-electron chi connectivity index (χ1n) is 4.54. The van der Waals surface area contributed by atoms with Crippen LogP contribution in [0.1, 0.15) is 16.7 Å². The van der Waals surface area contributed by atoms with Crippen LogP contribution in [-0.4, -0.2) is 13.2 Å². The number of hydrogen-bond donors (Lipinski definition) is 0. The van der Waals surface area contributed by atoms with Gasteiger partial charge in [-0.3, -0.25) is 0 Å². The second-order valence-corrected chi connectivity index (χ2v) is 3.33. The summed E-state index contributed by atoms with van der Waals surface area (Å²) >= 11 is 0. The van der Waals surface area contributed by atoms with Gasteiger partial charge in [0.2, 0.25) is 0 Å². The highest BCUT2D eigenvalue weighted by Gasteiger charge is 2.19. The van der Waals surface area contributed by atoms with Crippen molar-refractivity contribution >= 4 is 0 Å². The lowest BCUT2D eigenvalue weighted by atomic mass is 10.0. The van der Waals surface area contributed by atoms with E-state index in [-0.39, 0.29) is 0 Å². The molecule has 1 aromatic carbocycles. The standard InChI is InChI=1S/C11H11NO2/c1-7-5-9(6-12)11-10(8(7)2)13-3-4-14-11/h5H,3-4H2,1-2H3. The summed E-state index contributed by atoms with van der Waals surface area (Å²) in [4.78, 5) is 0. The number of hydrogen-bond acceptors (Lipinski definition) is 3. The molecule has 1 aliphatic rings. The van der Waals surface area contributed by atoms with Gasteiger partial charge in [0.05, 0.1) is 5.56 Å². The van der Waals surface area contributed by atoms with Crippen molar-refractivity contribution in [2.75, 3.05) is 13.2 Å². The lowest BCUT2D eigenvalue weighted by molar-refractivity contribution is 0.170. The van der Waals surface area contributed by atoms with E-state index in [1.165, 1.54) is 0 Å². The molecule has 0 fully saturated rings. The predicted octanol–water partition coefficient (Wildman–Crippen LogP) is 1.95. The van der Waals surface area contributed by atoms with Crippen LogP contribution in [0.4, 0.5) is 0 Å². The molecule has 0 atom stereocenters. The van der Waals surface area contributed by atoms with Crippen molar-refractivity contribution < 1.29 is 9.47 Å². The Kier molecular flexibility index (Phi) is 2.05. The van der Waals surface area contributed by atoms with Crippen molar-refractivity contribution in [2.24, 2.45) is 0 Å². The zero-order valence-electron chi connectivity index (χ0n) is 8.26. The molecular weight excluding hydrogens is 178 g/mol. The topological polar surface area (TPSA) is 42.2 Å². The molecule has 0 saturated heterocycles. The first-order valence-corrected chi connectivity index (χ1v) is 4.54. The number of benzene rings is 1. The van der Waals surface area contributed by atoms with Crippen molar-refractivity contribution in [1.82, 2.24) is 0 Å². The van der Waals surface area contributed by atoms with Crippen LogP contribution in [0.3, 0.4) is 0 Å². The van der Waals surface area contributed by atoms with Gasteiger partial charge in [-0.25, -0.2) is 0 Å². The molecule has 2 rings (SSSR count). The summed E-state index contributed by atoms with van der Waals surface area (Å²) in [5.41, 5.74) is 2.67. The van der Waals surface area contributed by atoms with Crippen LogP contribution in [0.5, 0.6) is 11.5 Å². The van der Waals surface area contributed by atoms with Crippen LogP contribution in [-0.2, 0) is 0 Å². The average molecular weight is 189 g/mol. The smallest absolute Gasteiger partial charge is 0.179 e. The maximum absolute atomic E-state index is 8.92. The summed E-state index contributed by atoms with van der Waals surface area (Å²) in [6, 6.07) is 3.95. The molecule has 3 heteroatoms. The molecule has 0 radical (unpaired) electrons. The number of ether oxygens (including phenoxy) is 2. The second kappa shape index (κ2) is 3.22. The van der Waals surface area contributed by atoms with Gasteiger partial charge in [-0.15, -0.1) is 0 Å². The summed E-state index contributed by atoms with van der Waals surface area (Å²) in [6.45, 7) is 5.02. The zero-order valence-corrected chi connectivity index (χ0v) is 8.26. The lowest BCUT2D eigenvalue weighted by Crippen LogP contribution is -2.17. The van der Waals surface area contributed by atoms with Crippen LogP contribution >= 0.6 is 0 Å². The number of nitriles is 1. The van der Waals surface area contributed by atoms with Crippen LogP contribution in [0.2, 0.25) is 0 Å². The third-order valence-electron chi connectivity index (χ3n) is 2.44. The molecule has 1 aromatic rings. The average Bonchev–Trinajstić information content (AvgIpc) is 2.23. The predicted molar refractivity (Wildman–Crippen MR) is 51.6 cm³/mol. The molecule has 0 unspecified atom stereocenters. The molecule has 0 saturated carbocycles. The van der Waals surface area contributed by atoms with E-state index < -0.39 is 0 Å². The van der Waals surface area contributed by atoms with Gasteiger partial charge in [0.25, 0.3) is 0 Å². The van der Waals surface area contributed by atoms with Crippen LogP contribution in [0.25, 0.3) is 0 Å². The third-order valence-corrected chi connectivity index (χ3v) is 2.44. The number of rotatable bonds is 0. The summed E-state index contributed by atoms with van der Waals surface area (Å²) in [6.07, 6.45) is 0. The SMILES string of the molecule is Cc1cc(C#N)c2c(c1C)OCCO2.